The molecule has 1 unspecified atom stereocenters. The van der Waals surface area contributed by atoms with Crippen LogP contribution in [0.3, 0.4) is 0 Å². The smallest absolute Gasteiger partial charge is 0.310 e. The number of nitrogens with zero attached hydrogens (tertiary/aromatic N) is 1. The van der Waals surface area contributed by atoms with Crippen LogP contribution in [0.5, 0.6) is 0 Å². The van der Waals surface area contributed by atoms with Crippen LogP contribution in [-0.2, 0) is 11.3 Å². The second-order valence-electron chi connectivity index (χ2n) is 6.24. The molecular formula is C17H24BrNO2. The number of benzene rings is 1. The Kier molecular flexibility index (Phi) is 5.44. The molecule has 1 aliphatic heterocycles. The second kappa shape index (κ2) is 6.93. The van der Waals surface area contributed by atoms with Gasteiger partial charge in [0.15, 0.2) is 0 Å². The van der Waals surface area contributed by atoms with Crippen LogP contribution in [0.15, 0.2) is 22.7 Å². The van der Waals surface area contributed by atoms with E-state index in [1.807, 2.05) is 0 Å². The zero-order valence-electron chi connectivity index (χ0n) is 12.9. The topological polar surface area (TPSA) is 40.5 Å². The molecular weight excluding hydrogens is 330 g/mol. The van der Waals surface area contributed by atoms with Gasteiger partial charge in [-0.05, 0) is 49.9 Å². The lowest BCUT2D eigenvalue weighted by Crippen LogP contribution is -2.47. The normalized spacial score (nSPS) is 23.2. The molecule has 1 aromatic carbocycles. The van der Waals surface area contributed by atoms with Crippen LogP contribution in [0.1, 0.15) is 43.7 Å². The van der Waals surface area contributed by atoms with E-state index in [1.54, 1.807) is 0 Å². The number of aryl methyl sites for hydroxylation is 1. The molecule has 0 aliphatic carbocycles. The Labute approximate surface area is 135 Å². The highest BCUT2D eigenvalue weighted by Gasteiger charge is 2.41. The van der Waals surface area contributed by atoms with Crippen LogP contribution < -0.4 is 0 Å². The number of halogens is 1. The zero-order valence-corrected chi connectivity index (χ0v) is 14.4. The highest BCUT2D eigenvalue weighted by Crippen LogP contribution is 2.36. The number of hydrogen-bond acceptors (Lipinski definition) is 2. The van der Waals surface area contributed by atoms with Gasteiger partial charge in [-0.25, -0.2) is 0 Å². The highest BCUT2D eigenvalue weighted by molar-refractivity contribution is 9.10. The SMILES string of the molecule is CCCC1(C(=O)O)CCCN(Cc2ccc(C)cc2Br)C1. The molecule has 4 heteroatoms. The maximum absolute atomic E-state index is 11.7. The van der Waals surface area contributed by atoms with Crippen molar-refractivity contribution in [2.45, 2.75) is 46.1 Å². The van der Waals surface area contributed by atoms with E-state index in [1.165, 1.54) is 11.1 Å². The summed E-state index contributed by atoms with van der Waals surface area (Å²) in [6.45, 7) is 6.61. The summed E-state index contributed by atoms with van der Waals surface area (Å²) < 4.78 is 1.12. The Morgan fingerprint density at radius 2 is 2.24 bits per heavy atom. The van der Waals surface area contributed by atoms with Gasteiger partial charge >= 0.3 is 5.97 Å². The predicted octanol–water partition coefficient (Wildman–Crippen LogP) is 4.22. The molecule has 0 saturated carbocycles. The monoisotopic (exact) mass is 353 g/mol. The first kappa shape index (κ1) is 16.5. The summed E-state index contributed by atoms with van der Waals surface area (Å²) in [5, 5.41) is 9.66. The summed E-state index contributed by atoms with van der Waals surface area (Å²) in [6, 6.07) is 6.37. The van der Waals surface area contributed by atoms with Crippen molar-refractivity contribution in [3.63, 3.8) is 0 Å². The summed E-state index contributed by atoms with van der Waals surface area (Å²) in [4.78, 5) is 14.0. The fourth-order valence-electron chi connectivity index (χ4n) is 3.35. The van der Waals surface area contributed by atoms with Gasteiger partial charge in [0.2, 0.25) is 0 Å². The molecule has 0 aromatic heterocycles. The maximum atomic E-state index is 11.7. The van der Waals surface area contributed by atoms with E-state index in [0.717, 1.165) is 43.2 Å². The lowest BCUT2D eigenvalue weighted by molar-refractivity contribution is -0.153. The van der Waals surface area contributed by atoms with Gasteiger partial charge in [0, 0.05) is 17.6 Å². The molecule has 0 spiro atoms. The van der Waals surface area contributed by atoms with Crippen LogP contribution >= 0.6 is 15.9 Å². The van der Waals surface area contributed by atoms with Crippen LogP contribution in [0.2, 0.25) is 0 Å². The van der Waals surface area contributed by atoms with Crippen molar-refractivity contribution in [1.29, 1.82) is 0 Å². The second-order valence-corrected chi connectivity index (χ2v) is 7.10. The Balaban J connectivity index is 2.12. The summed E-state index contributed by atoms with van der Waals surface area (Å²) in [5.41, 5.74) is 1.91. The van der Waals surface area contributed by atoms with Gasteiger partial charge in [0.25, 0.3) is 0 Å². The standard InChI is InChI=1S/C17H24BrNO2/c1-3-7-17(16(20)21)8-4-9-19(12-17)11-14-6-5-13(2)10-15(14)18/h5-6,10H,3-4,7-9,11-12H2,1-2H3,(H,20,21). The van der Waals surface area contributed by atoms with Gasteiger partial charge in [-0.15, -0.1) is 0 Å². The van der Waals surface area contributed by atoms with Crippen molar-refractivity contribution >= 4 is 21.9 Å². The van der Waals surface area contributed by atoms with Crippen molar-refractivity contribution in [1.82, 2.24) is 4.90 Å². The summed E-state index contributed by atoms with van der Waals surface area (Å²) >= 11 is 3.62. The summed E-state index contributed by atoms with van der Waals surface area (Å²) in [7, 11) is 0. The largest absolute Gasteiger partial charge is 0.481 e. The molecule has 1 saturated heterocycles. The van der Waals surface area contributed by atoms with Crippen LogP contribution in [-0.4, -0.2) is 29.1 Å². The molecule has 1 heterocycles. The van der Waals surface area contributed by atoms with Gasteiger partial charge in [-0.2, -0.15) is 0 Å². The molecule has 1 atom stereocenters. The number of carboxylic acids is 1. The Morgan fingerprint density at radius 1 is 1.48 bits per heavy atom. The summed E-state index contributed by atoms with van der Waals surface area (Å²) in [5.74, 6) is -0.628. The first-order valence-electron chi connectivity index (χ1n) is 7.67. The van der Waals surface area contributed by atoms with Gasteiger partial charge in [-0.1, -0.05) is 41.4 Å². The molecule has 1 fully saturated rings. The van der Waals surface area contributed by atoms with E-state index in [-0.39, 0.29) is 0 Å². The van der Waals surface area contributed by atoms with Gasteiger partial charge < -0.3 is 5.11 Å². The summed E-state index contributed by atoms with van der Waals surface area (Å²) in [6.07, 6.45) is 3.47. The first-order chi connectivity index (χ1) is 9.97. The van der Waals surface area contributed by atoms with Crippen molar-refractivity contribution in [3.05, 3.63) is 33.8 Å². The number of hydrogen-bond donors (Lipinski definition) is 1. The van der Waals surface area contributed by atoms with Crippen LogP contribution in [0.25, 0.3) is 0 Å². The maximum Gasteiger partial charge on any atom is 0.310 e. The van der Waals surface area contributed by atoms with E-state index >= 15 is 0 Å². The quantitative estimate of drug-likeness (QED) is 0.861. The molecule has 3 nitrogen and oxygen atoms in total. The lowest BCUT2D eigenvalue weighted by atomic mass is 9.76. The van der Waals surface area contributed by atoms with Gasteiger partial charge in [-0.3, -0.25) is 9.69 Å². The minimum atomic E-state index is -0.628. The fourth-order valence-corrected chi connectivity index (χ4v) is 3.97. The van der Waals surface area contributed by atoms with E-state index in [9.17, 15) is 9.90 Å². The van der Waals surface area contributed by atoms with E-state index in [4.69, 9.17) is 0 Å². The van der Waals surface area contributed by atoms with Crippen molar-refractivity contribution in [3.8, 4) is 0 Å². The average molecular weight is 354 g/mol. The molecule has 116 valence electrons. The van der Waals surface area contributed by atoms with Crippen LogP contribution in [0.4, 0.5) is 0 Å². The average Bonchev–Trinajstić information content (AvgIpc) is 2.42. The van der Waals surface area contributed by atoms with E-state index < -0.39 is 11.4 Å². The predicted molar refractivity (Wildman–Crippen MR) is 88.4 cm³/mol. The van der Waals surface area contributed by atoms with Crippen molar-refractivity contribution < 1.29 is 9.90 Å². The van der Waals surface area contributed by atoms with E-state index in [0.29, 0.717) is 6.54 Å². The number of likely N-dealkylation sites (tertiary alicyclic amines) is 1. The third kappa shape index (κ3) is 3.86. The van der Waals surface area contributed by atoms with Gasteiger partial charge in [0.05, 0.1) is 5.41 Å². The Hall–Kier alpha value is -0.870. The van der Waals surface area contributed by atoms with Crippen molar-refractivity contribution in [2.75, 3.05) is 13.1 Å². The third-order valence-electron chi connectivity index (χ3n) is 4.44. The zero-order chi connectivity index (χ0) is 15.5. The number of carbonyl (C=O) groups is 1. The number of carboxylic acid groups (broad SMARTS) is 1. The highest BCUT2D eigenvalue weighted by atomic mass is 79.9. The molecule has 21 heavy (non-hydrogen) atoms. The van der Waals surface area contributed by atoms with Gasteiger partial charge in [0.1, 0.15) is 0 Å². The minimum Gasteiger partial charge on any atom is -0.481 e. The molecule has 1 aromatic rings. The van der Waals surface area contributed by atoms with Crippen LogP contribution in [0, 0.1) is 12.3 Å². The Bertz CT molecular complexity index is 514. The molecule has 0 bridgehead atoms. The molecule has 1 aliphatic rings. The minimum absolute atomic E-state index is 0.551. The fraction of sp³-hybridized carbons (Fsp3) is 0.588. The lowest BCUT2D eigenvalue weighted by Gasteiger charge is -2.40. The molecule has 0 radical (unpaired) electrons. The van der Waals surface area contributed by atoms with Crippen molar-refractivity contribution in [2.24, 2.45) is 5.41 Å². The number of rotatable bonds is 5. The Morgan fingerprint density at radius 3 is 2.86 bits per heavy atom. The molecule has 2 rings (SSSR count). The third-order valence-corrected chi connectivity index (χ3v) is 5.18. The number of piperidine rings is 1. The molecule has 0 amide bonds. The number of aliphatic carboxylic acids is 1. The van der Waals surface area contributed by atoms with E-state index in [2.05, 4.69) is 52.9 Å². The molecule has 1 N–H and O–H groups in total. The first-order valence-corrected chi connectivity index (χ1v) is 8.47.